The van der Waals surface area contributed by atoms with E-state index < -0.39 is 9.84 Å². The quantitative estimate of drug-likeness (QED) is 0.815. The number of nitrogens with zero attached hydrogens (tertiary/aromatic N) is 3. The lowest BCUT2D eigenvalue weighted by Crippen LogP contribution is -2.12. The molecule has 0 aromatic carbocycles. The van der Waals surface area contributed by atoms with Gasteiger partial charge in [-0.2, -0.15) is 10.2 Å². The van der Waals surface area contributed by atoms with Gasteiger partial charge in [-0.15, -0.1) is 0 Å². The minimum Gasteiger partial charge on any atom is -0.383 e. The summed E-state index contributed by atoms with van der Waals surface area (Å²) in [6, 6.07) is 0. The predicted octanol–water partition coefficient (Wildman–Crippen LogP) is 0.339. The van der Waals surface area contributed by atoms with Crippen LogP contribution in [0.1, 0.15) is 19.0 Å². The molecule has 2 aromatic heterocycles. The van der Waals surface area contributed by atoms with Gasteiger partial charge in [-0.3, -0.25) is 5.10 Å². The third-order valence-corrected chi connectivity index (χ3v) is 3.63. The highest BCUT2D eigenvalue weighted by Gasteiger charge is 2.16. The smallest absolute Gasteiger partial charge is 0.182 e. The zero-order valence-electron chi connectivity index (χ0n) is 10.5. The van der Waals surface area contributed by atoms with Crippen LogP contribution < -0.4 is 5.73 Å². The maximum atomic E-state index is 11.2. The van der Waals surface area contributed by atoms with Crippen LogP contribution in [0.15, 0.2) is 0 Å². The normalized spacial score (nSPS) is 12.3. The van der Waals surface area contributed by atoms with E-state index in [1.165, 1.54) is 6.26 Å². The van der Waals surface area contributed by atoms with Crippen LogP contribution in [0.25, 0.3) is 11.0 Å². The van der Waals surface area contributed by atoms with Crippen molar-refractivity contribution < 1.29 is 8.42 Å². The fourth-order valence-electron chi connectivity index (χ4n) is 1.88. The highest BCUT2D eigenvalue weighted by Crippen LogP contribution is 2.23. The number of aromatic amines is 1. The number of hydrogen-bond donors (Lipinski definition) is 2. The molecule has 0 unspecified atom stereocenters. The van der Waals surface area contributed by atoms with Gasteiger partial charge in [0.05, 0.1) is 23.4 Å². The Kier molecular flexibility index (Phi) is 3.29. The second-order valence-corrected chi connectivity index (χ2v) is 6.65. The van der Waals surface area contributed by atoms with Gasteiger partial charge in [0.2, 0.25) is 0 Å². The number of aryl methyl sites for hydroxylation is 2. The third-order valence-electron chi connectivity index (χ3n) is 2.71. The van der Waals surface area contributed by atoms with Crippen molar-refractivity contribution in [1.82, 2.24) is 20.0 Å². The van der Waals surface area contributed by atoms with Crippen molar-refractivity contribution in [3.8, 4) is 0 Å². The monoisotopic (exact) mass is 271 g/mol. The summed E-state index contributed by atoms with van der Waals surface area (Å²) in [5.41, 5.74) is 7.31. The molecule has 0 spiro atoms. The number of fused-ring (bicyclic) bond motifs is 1. The Hall–Kier alpha value is -1.57. The molecular weight excluding hydrogens is 254 g/mol. The summed E-state index contributed by atoms with van der Waals surface area (Å²) in [6.45, 7) is 2.35. The number of rotatable bonds is 5. The largest absolute Gasteiger partial charge is 0.383 e. The molecule has 2 aromatic rings. The van der Waals surface area contributed by atoms with Crippen LogP contribution in [0.3, 0.4) is 0 Å². The van der Waals surface area contributed by atoms with Crippen molar-refractivity contribution in [3.63, 3.8) is 0 Å². The summed E-state index contributed by atoms with van der Waals surface area (Å²) in [4.78, 5) is 0. The first-order valence-corrected chi connectivity index (χ1v) is 7.85. The van der Waals surface area contributed by atoms with Gasteiger partial charge in [0.25, 0.3) is 0 Å². The molecule has 0 aliphatic carbocycles. The number of sulfone groups is 1. The molecule has 0 saturated carbocycles. The minimum atomic E-state index is -3.02. The lowest BCUT2D eigenvalue weighted by atomic mass is 10.2. The van der Waals surface area contributed by atoms with Gasteiger partial charge in [-0.05, 0) is 6.42 Å². The molecule has 0 amide bonds. The van der Waals surface area contributed by atoms with E-state index in [-0.39, 0.29) is 5.75 Å². The summed E-state index contributed by atoms with van der Waals surface area (Å²) < 4.78 is 24.0. The van der Waals surface area contributed by atoms with Crippen molar-refractivity contribution in [1.29, 1.82) is 0 Å². The molecule has 0 atom stereocenters. The molecule has 8 heteroatoms. The Morgan fingerprint density at radius 2 is 2.17 bits per heavy atom. The second kappa shape index (κ2) is 4.60. The first kappa shape index (κ1) is 12.9. The fourth-order valence-corrected chi connectivity index (χ4v) is 2.38. The summed E-state index contributed by atoms with van der Waals surface area (Å²) in [7, 11) is -3.02. The minimum absolute atomic E-state index is 0.0438. The summed E-state index contributed by atoms with van der Waals surface area (Å²) >= 11 is 0. The number of nitrogens with two attached hydrogens (primary N) is 1. The van der Waals surface area contributed by atoms with E-state index >= 15 is 0 Å². The van der Waals surface area contributed by atoms with E-state index in [1.807, 2.05) is 0 Å². The lowest BCUT2D eigenvalue weighted by Gasteiger charge is -2.00. The van der Waals surface area contributed by atoms with Crippen LogP contribution in [0.5, 0.6) is 0 Å². The Bertz CT molecular complexity index is 655. The zero-order valence-corrected chi connectivity index (χ0v) is 11.3. The van der Waals surface area contributed by atoms with Gasteiger partial charge in [0.1, 0.15) is 15.7 Å². The van der Waals surface area contributed by atoms with E-state index in [2.05, 4.69) is 22.2 Å². The van der Waals surface area contributed by atoms with Crippen molar-refractivity contribution in [2.24, 2.45) is 0 Å². The molecule has 100 valence electrons. The van der Waals surface area contributed by atoms with Crippen LogP contribution in [0, 0.1) is 0 Å². The average molecular weight is 271 g/mol. The number of aromatic nitrogens is 4. The van der Waals surface area contributed by atoms with E-state index in [0.717, 1.165) is 23.9 Å². The average Bonchev–Trinajstić information content (AvgIpc) is 2.79. The molecule has 2 heterocycles. The second-order valence-electron chi connectivity index (χ2n) is 4.39. The van der Waals surface area contributed by atoms with Gasteiger partial charge >= 0.3 is 0 Å². The lowest BCUT2D eigenvalue weighted by molar-refractivity contribution is 0.586. The Morgan fingerprint density at radius 3 is 2.78 bits per heavy atom. The Balaban J connectivity index is 2.39. The van der Waals surface area contributed by atoms with E-state index in [0.29, 0.717) is 18.0 Å². The van der Waals surface area contributed by atoms with Crippen molar-refractivity contribution >= 4 is 26.7 Å². The zero-order chi connectivity index (χ0) is 13.3. The van der Waals surface area contributed by atoms with Crippen molar-refractivity contribution in [2.45, 2.75) is 26.3 Å². The van der Waals surface area contributed by atoms with Gasteiger partial charge in [-0.1, -0.05) is 13.3 Å². The van der Waals surface area contributed by atoms with Gasteiger partial charge in [0, 0.05) is 6.26 Å². The van der Waals surface area contributed by atoms with Crippen LogP contribution in [0.4, 0.5) is 5.82 Å². The fraction of sp³-hybridized carbons (Fsp3) is 0.600. The number of nitrogens with one attached hydrogen (secondary N) is 1. The molecule has 18 heavy (non-hydrogen) atoms. The first-order valence-electron chi connectivity index (χ1n) is 5.79. The maximum Gasteiger partial charge on any atom is 0.182 e. The number of hydrogen-bond acceptors (Lipinski definition) is 5. The van der Waals surface area contributed by atoms with Crippen molar-refractivity contribution in [2.75, 3.05) is 17.7 Å². The molecule has 0 aliphatic rings. The van der Waals surface area contributed by atoms with Gasteiger partial charge in [-0.25, -0.2) is 13.1 Å². The van der Waals surface area contributed by atoms with Crippen LogP contribution in [-0.2, 0) is 22.8 Å². The van der Waals surface area contributed by atoms with Crippen molar-refractivity contribution in [3.05, 3.63) is 5.69 Å². The maximum absolute atomic E-state index is 11.2. The SMILES string of the molecule is CCCc1nn(CCS(C)(=O)=O)c2n[nH]c(N)c12. The predicted molar refractivity (Wildman–Crippen MR) is 70.0 cm³/mol. The highest BCUT2D eigenvalue weighted by molar-refractivity contribution is 7.90. The standard InChI is InChI=1S/C10H17N5O2S/c1-3-4-7-8-9(11)12-13-10(8)15(14-7)5-6-18(2,16)17/h3-6H2,1-2H3,(H3,11,12,13). The Labute approximate surface area is 105 Å². The van der Waals surface area contributed by atoms with Crippen LogP contribution in [-0.4, -0.2) is 40.4 Å². The molecule has 3 N–H and O–H groups in total. The molecule has 0 saturated heterocycles. The molecule has 0 fully saturated rings. The molecule has 2 rings (SSSR count). The number of anilines is 1. The van der Waals surface area contributed by atoms with Crippen LogP contribution >= 0.6 is 0 Å². The molecule has 0 aliphatic heterocycles. The first-order chi connectivity index (χ1) is 8.42. The van der Waals surface area contributed by atoms with E-state index in [9.17, 15) is 8.42 Å². The van der Waals surface area contributed by atoms with E-state index in [4.69, 9.17) is 5.73 Å². The van der Waals surface area contributed by atoms with Gasteiger partial charge < -0.3 is 5.73 Å². The highest BCUT2D eigenvalue weighted by atomic mass is 32.2. The molecule has 0 radical (unpaired) electrons. The topological polar surface area (TPSA) is 107 Å². The summed E-state index contributed by atoms with van der Waals surface area (Å²) in [5.74, 6) is 0.529. The third kappa shape index (κ3) is 2.47. The van der Waals surface area contributed by atoms with Gasteiger partial charge in [0.15, 0.2) is 5.65 Å². The molecule has 7 nitrogen and oxygen atoms in total. The molecular formula is C10H17N5O2S. The van der Waals surface area contributed by atoms with Crippen LogP contribution in [0.2, 0.25) is 0 Å². The summed E-state index contributed by atoms with van der Waals surface area (Å²) in [5, 5.41) is 12.0. The number of H-pyrrole nitrogens is 1. The van der Waals surface area contributed by atoms with E-state index in [1.54, 1.807) is 4.68 Å². The Morgan fingerprint density at radius 1 is 1.44 bits per heavy atom. The summed E-state index contributed by atoms with van der Waals surface area (Å²) in [6.07, 6.45) is 2.95. The molecule has 0 bridgehead atoms. The number of nitrogen functional groups attached to an aromatic ring is 1.